The summed E-state index contributed by atoms with van der Waals surface area (Å²) in [5, 5.41) is 2.14. The Labute approximate surface area is 109 Å². The van der Waals surface area contributed by atoms with Crippen LogP contribution in [0, 0.1) is 13.8 Å². The molecule has 2 bridgehead atoms. The zero-order valence-corrected chi connectivity index (χ0v) is 11.7. The number of hydrogen-bond acceptors (Lipinski definition) is 2. The van der Waals surface area contributed by atoms with Gasteiger partial charge in [-0.3, -0.25) is 4.84 Å². The van der Waals surface area contributed by atoms with Gasteiger partial charge in [-0.1, -0.05) is 17.7 Å². The second-order valence-electron chi connectivity index (χ2n) is 5.88. The van der Waals surface area contributed by atoms with E-state index >= 15 is 0 Å². The second-order valence-corrected chi connectivity index (χ2v) is 5.88. The van der Waals surface area contributed by atoms with Gasteiger partial charge in [0.05, 0.1) is 17.8 Å². The third kappa shape index (κ3) is 1.85. The van der Waals surface area contributed by atoms with Gasteiger partial charge in [-0.2, -0.15) is 0 Å². The van der Waals surface area contributed by atoms with Crippen LogP contribution in [-0.4, -0.2) is 12.1 Å². The van der Waals surface area contributed by atoms with Gasteiger partial charge in [0, 0.05) is 12.8 Å². The molecule has 2 aliphatic heterocycles. The van der Waals surface area contributed by atoms with Gasteiger partial charge in [0.2, 0.25) is 0 Å². The first-order chi connectivity index (χ1) is 8.54. The lowest BCUT2D eigenvalue weighted by molar-refractivity contribution is 0.0750. The molecule has 2 nitrogen and oxygen atoms in total. The smallest absolute Gasteiger partial charge is 0.0921 e. The van der Waals surface area contributed by atoms with Crippen LogP contribution in [0.25, 0.3) is 0 Å². The van der Waals surface area contributed by atoms with Crippen LogP contribution in [-0.2, 0) is 11.3 Å². The van der Waals surface area contributed by atoms with Gasteiger partial charge in [0.15, 0.2) is 0 Å². The van der Waals surface area contributed by atoms with Crippen LogP contribution in [0.2, 0.25) is 0 Å². The van der Waals surface area contributed by atoms with E-state index in [9.17, 15) is 0 Å². The van der Waals surface area contributed by atoms with E-state index in [1.807, 2.05) is 0 Å². The first-order valence-corrected chi connectivity index (χ1v) is 6.76. The van der Waals surface area contributed by atoms with Crippen molar-refractivity contribution in [3.05, 3.63) is 40.5 Å². The minimum atomic E-state index is 0.361. The fourth-order valence-corrected chi connectivity index (χ4v) is 3.19. The summed E-state index contributed by atoms with van der Waals surface area (Å²) in [5.41, 5.74) is 6.84. The molecule has 0 radical (unpaired) electrons. The van der Waals surface area contributed by atoms with Crippen molar-refractivity contribution in [2.45, 2.75) is 52.7 Å². The van der Waals surface area contributed by atoms with Gasteiger partial charge in [-0.25, -0.2) is 5.06 Å². The van der Waals surface area contributed by atoms with Crippen LogP contribution < -0.4 is 5.06 Å². The molecule has 1 unspecified atom stereocenters. The molecule has 1 saturated heterocycles. The lowest BCUT2D eigenvalue weighted by atomic mass is 9.97. The summed E-state index contributed by atoms with van der Waals surface area (Å²) in [4.78, 5) is 6.04. The number of rotatable bonds is 1. The Morgan fingerprint density at radius 3 is 2.83 bits per heavy atom. The first kappa shape index (κ1) is 11.8. The van der Waals surface area contributed by atoms with Crippen molar-refractivity contribution >= 4 is 5.69 Å². The highest BCUT2D eigenvalue weighted by Crippen LogP contribution is 2.40. The molecule has 2 aliphatic rings. The summed E-state index contributed by atoms with van der Waals surface area (Å²) in [7, 11) is 0. The molecule has 96 valence electrons. The Bertz CT molecular complexity index is 514. The predicted octanol–water partition coefficient (Wildman–Crippen LogP) is 3.70. The summed E-state index contributed by atoms with van der Waals surface area (Å²) >= 11 is 0. The summed E-state index contributed by atoms with van der Waals surface area (Å²) in [6, 6.07) is 4.94. The fraction of sp³-hybridized carbons (Fsp3) is 0.500. The Morgan fingerprint density at radius 2 is 2.11 bits per heavy atom. The number of allylic oxidation sites excluding steroid dienone is 1. The molecule has 2 heteroatoms. The maximum absolute atomic E-state index is 6.04. The highest BCUT2D eigenvalue weighted by atomic mass is 16.7. The number of anilines is 1. The Morgan fingerprint density at radius 1 is 1.33 bits per heavy atom. The van der Waals surface area contributed by atoms with E-state index < -0.39 is 0 Å². The first-order valence-electron chi connectivity index (χ1n) is 6.76. The lowest BCUT2D eigenvalue weighted by Gasteiger charge is -2.30. The van der Waals surface area contributed by atoms with Crippen molar-refractivity contribution in [2.24, 2.45) is 0 Å². The average Bonchev–Trinajstić information content (AvgIpc) is 2.58. The predicted molar refractivity (Wildman–Crippen MR) is 74.8 cm³/mol. The number of aryl methyl sites for hydroxylation is 2. The van der Waals surface area contributed by atoms with Crippen LogP contribution in [0.4, 0.5) is 5.69 Å². The molecule has 1 fully saturated rings. The molecule has 0 spiro atoms. The van der Waals surface area contributed by atoms with E-state index in [4.69, 9.17) is 4.84 Å². The maximum atomic E-state index is 6.04. The number of benzene rings is 1. The van der Waals surface area contributed by atoms with Crippen molar-refractivity contribution in [1.82, 2.24) is 0 Å². The third-order valence-corrected chi connectivity index (χ3v) is 3.86. The largest absolute Gasteiger partial charge is 0.269 e. The molecule has 0 saturated carbocycles. The van der Waals surface area contributed by atoms with E-state index in [-0.39, 0.29) is 0 Å². The van der Waals surface area contributed by atoms with Gasteiger partial charge in [-0.15, -0.1) is 0 Å². The van der Waals surface area contributed by atoms with Gasteiger partial charge in [0.25, 0.3) is 0 Å². The fourth-order valence-electron chi connectivity index (χ4n) is 3.19. The van der Waals surface area contributed by atoms with E-state index in [0.717, 1.165) is 12.8 Å². The van der Waals surface area contributed by atoms with Crippen molar-refractivity contribution in [1.29, 1.82) is 0 Å². The molecule has 1 aromatic carbocycles. The molecule has 0 aromatic heterocycles. The zero-order valence-electron chi connectivity index (χ0n) is 11.7. The molecule has 18 heavy (non-hydrogen) atoms. The summed E-state index contributed by atoms with van der Waals surface area (Å²) in [5.74, 6) is 0. The minimum absolute atomic E-state index is 0.361. The van der Waals surface area contributed by atoms with Crippen molar-refractivity contribution in [3.8, 4) is 0 Å². The van der Waals surface area contributed by atoms with Crippen LogP contribution in [0.5, 0.6) is 0 Å². The Balaban J connectivity index is 2.06. The van der Waals surface area contributed by atoms with E-state index in [0.29, 0.717) is 12.1 Å². The quantitative estimate of drug-likeness (QED) is 0.697. The Hall–Kier alpha value is -1.28. The monoisotopic (exact) mass is 243 g/mol. The number of fused-ring (bicyclic) bond motifs is 4. The summed E-state index contributed by atoms with van der Waals surface area (Å²) in [6.07, 6.45) is 4.86. The van der Waals surface area contributed by atoms with E-state index in [1.54, 1.807) is 0 Å². The SMILES string of the molecule is CC(C)=C[C@@H]1CC2Cc3c(C)cc(C)cc3N1O2. The van der Waals surface area contributed by atoms with Crippen LogP contribution >= 0.6 is 0 Å². The van der Waals surface area contributed by atoms with E-state index in [1.165, 1.54) is 28.0 Å². The minimum Gasteiger partial charge on any atom is -0.269 e. The highest BCUT2D eigenvalue weighted by molar-refractivity contribution is 5.60. The number of nitrogens with zero attached hydrogens (tertiary/aromatic N) is 1. The van der Waals surface area contributed by atoms with Crippen LogP contribution in [0.3, 0.4) is 0 Å². The molecule has 1 aromatic rings. The number of hydroxylamine groups is 1. The maximum Gasteiger partial charge on any atom is 0.0921 e. The lowest BCUT2D eigenvalue weighted by Crippen LogP contribution is -2.31. The molecule has 0 aliphatic carbocycles. The van der Waals surface area contributed by atoms with Crippen molar-refractivity contribution in [2.75, 3.05) is 5.06 Å². The molecule has 2 atom stereocenters. The molecule has 2 heterocycles. The van der Waals surface area contributed by atoms with Gasteiger partial charge >= 0.3 is 0 Å². The van der Waals surface area contributed by atoms with Crippen LogP contribution in [0.1, 0.15) is 37.0 Å². The van der Waals surface area contributed by atoms with Gasteiger partial charge in [0.1, 0.15) is 0 Å². The van der Waals surface area contributed by atoms with Gasteiger partial charge < -0.3 is 0 Å². The second kappa shape index (κ2) is 4.13. The molecule has 0 N–H and O–H groups in total. The highest BCUT2D eigenvalue weighted by Gasteiger charge is 2.38. The van der Waals surface area contributed by atoms with Crippen molar-refractivity contribution in [3.63, 3.8) is 0 Å². The number of hydrogen-bond donors (Lipinski definition) is 0. The normalized spacial score (nSPS) is 25.0. The Kier molecular flexibility index (Phi) is 2.70. The standard InChI is InChI=1S/C16H21NO/c1-10(2)5-13-8-14-9-15-12(4)6-11(3)7-16(15)17(13)18-14/h5-7,13-14H,8-9H2,1-4H3/t13-,14?/m1/s1. The molecular formula is C16H21NO. The average molecular weight is 243 g/mol. The van der Waals surface area contributed by atoms with Gasteiger partial charge in [-0.05, 0) is 50.5 Å². The zero-order chi connectivity index (χ0) is 12.9. The molecule has 0 amide bonds. The molecular weight excluding hydrogens is 222 g/mol. The van der Waals surface area contributed by atoms with Crippen molar-refractivity contribution < 1.29 is 4.84 Å². The third-order valence-electron chi connectivity index (χ3n) is 3.86. The van der Waals surface area contributed by atoms with E-state index in [2.05, 4.69) is 51.0 Å². The topological polar surface area (TPSA) is 12.5 Å². The summed E-state index contributed by atoms with van der Waals surface area (Å²) < 4.78 is 0. The van der Waals surface area contributed by atoms with Crippen LogP contribution in [0.15, 0.2) is 23.8 Å². The summed E-state index contributed by atoms with van der Waals surface area (Å²) in [6.45, 7) is 8.69. The molecule has 3 rings (SSSR count).